The largest absolute Gasteiger partial charge is 0.501 e. The van der Waals surface area contributed by atoms with Crippen molar-refractivity contribution in [1.82, 2.24) is 5.32 Å². The first-order valence-electron chi connectivity index (χ1n) is 5.98. The highest BCUT2D eigenvalue weighted by atomic mass is 32.2. The molecule has 0 aliphatic carbocycles. The lowest BCUT2D eigenvalue weighted by Crippen LogP contribution is -2.34. The molecule has 0 unspecified atom stereocenters. The van der Waals surface area contributed by atoms with Gasteiger partial charge in [0.05, 0.1) is 11.4 Å². The second-order valence-corrected chi connectivity index (χ2v) is 6.49. The van der Waals surface area contributed by atoms with E-state index in [1.165, 1.54) is 12.1 Å². The topological polar surface area (TPSA) is 75.3 Å². The molecule has 0 heterocycles. The maximum Gasteiger partial charge on any atom is 0.501 e. The van der Waals surface area contributed by atoms with Gasteiger partial charge >= 0.3 is 5.51 Å². The van der Waals surface area contributed by atoms with Crippen LogP contribution in [0.4, 0.5) is 18.9 Å². The van der Waals surface area contributed by atoms with Crippen molar-refractivity contribution < 1.29 is 26.4 Å². The van der Waals surface area contributed by atoms with Crippen LogP contribution in [0, 0.1) is 0 Å². The average molecular weight is 324 g/mol. The summed E-state index contributed by atoms with van der Waals surface area (Å²) in [6.45, 7) is 3.51. The molecule has 21 heavy (non-hydrogen) atoms. The average Bonchev–Trinajstić information content (AvgIpc) is 2.34. The van der Waals surface area contributed by atoms with Gasteiger partial charge in [0.1, 0.15) is 0 Å². The number of hydrogen-bond acceptors (Lipinski definition) is 4. The number of alkyl halides is 3. The van der Waals surface area contributed by atoms with Gasteiger partial charge in [0, 0.05) is 11.7 Å². The van der Waals surface area contributed by atoms with Crippen LogP contribution in [-0.4, -0.2) is 32.4 Å². The second kappa shape index (κ2) is 6.33. The Morgan fingerprint density at radius 3 is 2.14 bits per heavy atom. The van der Waals surface area contributed by atoms with Crippen LogP contribution in [-0.2, 0) is 14.6 Å². The molecule has 0 aliphatic rings. The number of carbonyl (C=O) groups is 1. The molecule has 118 valence electrons. The number of rotatable bonds is 5. The Kier molecular flexibility index (Phi) is 5.21. The van der Waals surface area contributed by atoms with E-state index in [1.54, 1.807) is 13.8 Å². The standard InChI is InChI=1S/C12H15F3N2O3S/c1-8(2)17-11(18)7-16-9-3-5-10(6-4-9)21(19,20)12(13,14)15/h3-6,8,16H,7H2,1-2H3,(H,17,18). The van der Waals surface area contributed by atoms with Crippen molar-refractivity contribution in [2.24, 2.45) is 0 Å². The molecule has 0 spiro atoms. The number of anilines is 1. The minimum Gasteiger partial charge on any atom is -0.376 e. The molecular formula is C12H15F3N2O3S. The number of amides is 1. The quantitative estimate of drug-likeness (QED) is 0.868. The van der Waals surface area contributed by atoms with Crippen LogP contribution in [0.15, 0.2) is 29.2 Å². The number of benzene rings is 1. The van der Waals surface area contributed by atoms with Gasteiger partial charge in [-0.25, -0.2) is 8.42 Å². The molecule has 0 radical (unpaired) electrons. The fourth-order valence-electron chi connectivity index (χ4n) is 1.44. The Hall–Kier alpha value is -1.77. The van der Waals surface area contributed by atoms with Crippen LogP contribution >= 0.6 is 0 Å². The van der Waals surface area contributed by atoms with Crippen molar-refractivity contribution >= 4 is 21.4 Å². The Balaban J connectivity index is 2.74. The Bertz CT molecular complexity index is 595. The first kappa shape index (κ1) is 17.3. The maximum atomic E-state index is 12.3. The molecule has 0 bridgehead atoms. The number of halogens is 3. The first-order valence-corrected chi connectivity index (χ1v) is 7.47. The Labute approximate surface area is 120 Å². The van der Waals surface area contributed by atoms with Gasteiger partial charge in [0.15, 0.2) is 0 Å². The number of carbonyl (C=O) groups excluding carboxylic acids is 1. The molecule has 0 atom stereocenters. The summed E-state index contributed by atoms with van der Waals surface area (Å²) < 4.78 is 59.3. The molecule has 2 N–H and O–H groups in total. The number of nitrogens with one attached hydrogen (secondary N) is 2. The van der Waals surface area contributed by atoms with Crippen LogP contribution < -0.4 is 10.6 Å². The van der Waals surface area contributed by atoms with Crippen molar-refractivity contribution in [3.8, 4) is 0 Å². The lowest BCUT2D eigenvalue weighted by Gasteiger charge is -2.11. The third kappa shape index (κ3) is 4.62. The van der Waals surface area contributed by atoms with Crippen LogP contribution in [0.2, 0.25) is 0 Å². The van der Waals surface area contributed by atoms with Crippen LogP contribution in [0.1, 0.15) is 13.8 Å². The van der Waals surface area contributed by atoms with Gasteiger partial charge in [0.25, 0.3) is 9.84 Å². The van der Waals surface area contributed by atoms with Crippen molar-refractivity contribution in [2.75, 3.05) is 11.9 Å². The normalized spacial score (nSPS) is 12.3. The van der Waals surface area contributed by atoms with Gasteiger partial charge in [-0.05, 0) is 38.1 Å². The van der Waals surface area contributed by atoms with E-state index in [0.29, 0.717) is 5.69 Å². The van der Waals surface area contributed by atoms with Crippen LogP contribution in [0.5, 0.6) is 0 Å². The highest BCUT2D eigenvalue weighted by Crippen LogP contribution is 2.30. The maximum absolute atomic E-state index is 12.3. The van der Waals surface area contributed by atoms with Gasteiger partial charge in [-0.1, -0.05) is 0 Å². The summed E-state index contributed by atoms with van der Waals surface area (Å²) >= 11 is 0. The summed E-state index contributed by atoms with van der Waals surface area (Å²) in [5.41, 5.74) is -4.99. The second-order valence-electron chi connectivity index (χ2n) is 4.55. The zero-order chi connectivity index (χ0) is 16.3. The predicted octanol–water partition coefficient (Wildman–Crippen LogP) is 1.92. The molecule has 5 nitrogen and oxygen atoms in total. The van der Waals surface area contributed by atoms with E-state index in [9.17, 15) is 26.4 Å². The zero-order valence-corrected chi connectivity index (χ0v) is 12.2. The molecule has 1 aromatic rings. The van der Waals surface area contributed by atoms with E-state index in [0.717, 1.165) is 12.1 Å². The van der Waals surface area contributed by atoms with Crippen molar-refractivity contribution in [3.63, 3.8) is 0 Å². The minimum atomic E-state index is -5.35. The third-order valence-electron chi connectivity index (χ3n) is 2.37. The van der Waals surface area contributed by atoms with E-state index in [1.807, 2.05) is 0 Å². The summed E-state index contributed by atoms with van der Waals surface area (Å²) in [5.74, 6) is -0.281. The molecule has 0 aromatic heterocycles. The molecule has 0 saturated carbocycles. The van der Waals surface area contributed by atoms with Crippen LogP contribution in [0.25, 0.3) is 0 Å². The summed E-state index contributed by atoms with van der Waals surface area (Å²) in [5, 5.41) is 5.30. The highest BCUT2D eigenvalue weighted by molar-refractivity contribution is 7.92. The van der Waals surface area contributed by atoms with E-state index >= 15 is 0 Å². The minimum absolute atomic E-state index is 0.0291. The van der Waals surface area contributed by atoms with Gasteiger partial charge in [0.2, 0.25) is 5.91 Å². The lowest BCUT2D eigenvalue weighted by atomic mass is 10.3. The van der Waals surface area contributed by atoms with Gasteiger partial charge in [-0.15, -0.1) is 0 Å². The van der Waals surface area contributed by atoms with Gasteiger partial charge in [-0.2, -0.15) is 13.2 Å². The molecule has 0 fully saturated rings. The van der Waals surface area contributed by atoms with Crippen LogP contribution in [0.3, 0.4) is 0 Å². The SMILES string of the molecule is CC(C)NC(=O)CNc1ccc(S(=O)(=O)C(F)(F)F)cc1. The predicted molar refractivity (Wildman–Crippen MR) is 71.5 cm³/mol. The monoisotopic (exact) mass is 324 g/mol. The number of hydrogen-bond donors (Lipinski definition) is 2. The molecule has 1 rings (SSSR count). The van der Waals surface area contributed by atoms with Gasteiger partial charge in [-0.3, -0.25) is 4.79 Å². The zero-order valence-electron chi connectivity index (χ0n) is 11.4. The molecule has 0 saturated heterocycles. The summed E-state index contributed by atoms with van der Waals surface area (Å²) in [6, 6.07) is 3.98. The van der Waals surface area contributed by atoms with Crippen molar-refractivity contribution in [1.29, 1.82) is 0 Å². The first-order chi connectivity index (χ1) is 9.54. The number of sulfone groups is 1. The smallest absolute Gasteiger partial charge is 0.376 e. The van der Waals surface area contributed by atoms with E-state index < -0.39 is 20.2 Å². The van der Waals surface area contributed by atoms with Gasteiger partial charge < -0.3 is 10.6 Å². The summed E-state index contributed by atoms with van der Waals surface area (Å²) in [4.78, 5) is 10.5. The van der Waals surface area contributed by atoms with E-state index in [4.69, 9.17) is 0 Å². The van der Waals surface area contributed by atoms with Crippen molar-refractivity contribution in [2.45, 2.75) is 30.3 Å². The summed E-state index contributed by atoms with van der Waals surface area (Å²) in [7, 11) is -5.35. The fraction of sp³-hybridized carbons (Fsp3) is 0.417. The van der Waals surface area contributed by atoms with Crippen molar-refractivity contribution in [3.05, 3.63) is 24.3 Å². The molecular weight excluding hydrogens is 309 g/mol. The molecule has 9 heteroatoms. The Morgan fingerprint density at radius 1 is 1.19 bits per heavy atom. The Morgan fingerprint density at radius 2 is 1.71 bits per heavy atom. The molecule has 1 aromatic carbocycles. The fourth-order valence-corrected chi connectivity index (χ4v) is 2.20. The molecule has 0 aliphatic heterocycles. The highest BCUT2D eigenvalue weighted by Gasteiger charge is 2.46. The summed E-state index contributed by atoms with van der Waals surface area (Å²) in [6.07, 6.45) is 0. The van der Waals surface area contributed by atoms with E-state index in [-0.39, 0.29) is 18.5 Å². The lowest BCUT2D eigenvalue weighted by molar-refractivity contribution is -0.119. The molecule has 1 amide bonds. The third-order valence-corrected chi connectivity index (χ3v) is 3.87. The van der Waals surface area contributed by atoms with E-state index in [2.05, 4.69) is 10.6 Å².